The fraction of sp³-hybridized carbons (Fsp3) is 0.889. The van der Waals surface area contributed by atoms with Crippen molar-refractivity contribution in [3.05, 3.63) is 12.4 Å². The van der Waals surface area contributed by atoms with E-state index in [4.69, 9.17) is 0 Å². The average Bonchev–Trinajstić information content (AvgIpc) is 3.32. The third kappa shape index (κ3) is 18.9. The number of rotatable bonds is 29. The molecule has 1 amide bonds. The number of hydrogen-bond donors (Lipinski definition) is 0. The van der Waals surface area contributed by atoms with Gasteiger partial charge in [-0.15, -0.1) is 0 Å². The van der Waals surface area contributed by atoms with Crippen LogP contribution in [0.1, 0.15) is 200 Å². The fourth-order valence-electron chi connectivity index (χ4n) is 5.99. The number of hydrogen-bond acceptors (Lipinski definition) is 2. The van der Waals surface area contributed by atoms with E-state index in [2.05, 4.69) is 25.9 Å². The smallest absolute Gasteiger partial charge is 0.230 e. The number of carbonyl (C=O) groups excluding carboxylic acids is 1. The molecule has 3 nitrogen and oxygen atoms in total. The Kier molecular flexibility index (Phi) is 24.0. The van der Waals surface area contributed by atoms with Crippen molar-refractivity contribution in [2.24, 2.45) is 4.99 Å². The lowest BCUT2D eigenvalue weighted by Gasteiger charge is -2.25. The van der Waals surface area contributed by atoms with Crippen LogP contribution in [-0.4, -0.2) is 23.3 Å². The van der Waals surface area contributed by atoms with Crippen molar-refractivity contribution in [1.29, 1.82) is 0 Å². The van der Waals surface area contributed by atoms with Gasteiger partial charge in [0.15, 0.2) is 0 Å². The van der Waals surface area contributed by atoms with Crippen LogP contribution in [0.25, 0.3) is 0 Å². The van der Waals surface area contributed by atoms with Gasteiger partial charge in [-0.3, -0.25) is 0 Å². The van der Waals surface area contributed by atoms with Crippen molar-refractivity contribution in [1.82, 2.24) is 0 Å². The number of unbranched alkanes of at least 4 members (excludes halogenated alkanes) is 25. The van der Waals surface area contributed by atoms with Crippen LogP contribution in [-0.2, 0) is 4.79 Å². The lowest BCUT2D eigenvalue weighted by Crippen LogP contribution is -2.47. The first-order chi connectivity index (χ1) is 19.1. The second kappa shape index (κ2) is 26.0. The summed E-state index contributed by atoms with van der Waals surface area (Å²) in [5.74, 6) is 1.39. The summed E-state index contributed by atoms with van der Waals surface area (Å²) in [5.41, 5.74) is 0. The summed E-state index contributed by atoms with van der Waals surface area (Å²) < 4.78 is 0.330. The van der Waals surface area contributed by atoms with E-state index < -0.39 is 0 Å². The Labute approximate surface area is 245 Å². The number of carbonyl (C=O) groups is 1. The standard InChI is InChI=1S/C36H69N2O/c1-4-6-8-10-12-14-16-18-20-21-23-25-27-29-31-35-37-33-34-38(35,3)36(39)32-30-28-26-24-22-19-17-15-13-11-9-7-5-2/h33-34H,4-32H2,1-3H3/q+1. The van der Waals surface area contributed by atoms with E-state index in [-0.39, 0.29) is 0 Å². The molecule has 1 unspecified atom stereocenters. The van der Waals surface area contributed by atoms with Gasteiger partial charge in [-0.25, -0.2) is 9.79 Å². The maximum Gasteiger partial charge on any atom is 0.324 e. The van der Waals surface area contributed by atoms with Crippen LogP contribution in [0.15, 0.2) is 17.4 Å². The Morgan fingerprint density at radius 1 is 0.538 bits per heavy atom. The molecule has 0 radical (unpaired) electrons. The summed E-state index contributed by atoms with van der Waals surface area (Å²) in [5, 5.41) is 0. The van der Waals surface area contributed by atoms with Crippen LogP contribution >= 0.6 is 0 Å². The second-order valence-corrected chi connectivity index (χ2v) is 12.7. The monoisotopic (exact) mass is 546 g/mol. The van der Waals surface area contributed by atoms with Crippen LogP contribution in [0.5, 0.6) is 0 Å². The molecule has 1 atom stereocenters. The molecule has 3 heteroatoms. The Morgan fingerprint density at radius 3 is 1.26 bits per heavy atom. The van der Waals surface area contributed by atoms with Gasteiger partial charge in [-0.2, -0.15) is 4.48 Å². The van der Waals surface area contributed by atoms with E-state index in [0.717, 1.165) is 25.1 Å². The molecule has 1 rings (SSSR count). The number of amidine groups is 1. The van der Waals surface area contributed by atoms with Crippen molar-refractivity contribution in [2.75, 3.05) is 7.05 Å². The van der Waals surface area contributed by atoms with Gasteiger partial charge in [0, 0.05) is 6.42 Å². The molecular weight excluding hydrogens is 476 g/mol. The van der Waals surface area contributed by atoms with E-state index in [1.165, 1.54) is 161 Å². The molecule has 0 aromatic carbocycles. The lowest BCUT2D eigenvalue weighted by molar-refractivity contribution is -0.683. The molecule has 1 heterocycles. The molecule has 39 heavy (non-hydrogen) atoms. The number of aliphatic imine (C=N–C) groups is 1. The van der Waals surface area contributed by atoms with Crippen molar-refractivity contribution in [3.63, 3.8) is 0 Å². The van der Waals surface area contributed by atoms with Crippen molar-refractivity contribution < 1.29 is 9.28 Å². The molecule has 0 bridgehead atoms. The maximum atomic E-state index is 13.1. The number of quaternary nitrogens is 1. The molecule has 1 aliphatic rings. The van der Waals surface area contributed by atoms with E-state index in [9.17, 15) is 4.79 Å². The van der Waals surface area contributed by atoms with E-state index in [1.54, 1.807) is 0 Å². The summed E-state index contributed by atoms with van der Waals surface area (Å²) in [7, 11) is 2.05. The third-order valence-electron chi connectivity index (χ3n) is 8.89. The Morgan fingerprint density at radius 2 is 0.872 bits per heavy atom. The molecular formula is C36H69N2O+. The molecule has 0 N–H and O–H groups in total. The van der Waals surface area contributed by atoms with Gasteiger partial charge in [0.1, 0.15) is 6.20 Å². The highest BCUT2D eigenvalue weighted by Crippen LogP contribution is 2.22. The molecule has 0 spiro atoms. The molecule has 0 fully saturated rings. The highest BCUT2D eigenvalue weighted by atomic mass is 16.2. The van der Waals surface area contributed by atoms with Crippen LogP contribution in [0, 0.1) is 0 Å². The minimum atomic E-state index is 0.330. The number of nitrogens with zero attached hydrogens (tertiary/aromatic N) is 2. The maximum absolute atomic E-state index is 13.1. The summed E-state index contributed by atoms with van der Waals surface area (Å²) in [6, 6.07) is 0. The van der Waals surface area contributed by atoms with Gasteiger partial charge in [0.05, 0.1) is 19.7 Å². The van der Waals surface area contributed by atoms with Crippen LogP contribution in [0.4, 0.5) is 0 Å². The molecule has 228 valence electrons. The van der Waals surface area contributed by atoms with E-state index in [1.807, 2.05) is 12.4 Å². The predicted octanol–water partition coefficient (Wildman–Crippen LogP) is 12.2. The van der Waals surface area contributed by atoms with Crippen LogP contribution < -0.4 is 0 Å². The average molecular weight is 546 g/mol. The van der Waals surface area contributed by atoms with Gasteiger partial charge in [0.25, 0.3) is 0 Å². The summed E-state index contributed by atoms with van der Waals surface area (Å²) in [6.07, 6.45) is 42.3. The molecule has 0 saturated carbocycles. The zero-order chi connectivity index (χ0) is 28.3. The first-order valence-electron chi connectivity index (χ1n) is 17.8. The third-order valence-corrected chi connectivity index (χ3v) is 8.89. The fourth-order valence-corrected chi connectivity index (χ4v) is 5.99. The quantitative estimate of drug-likeness (QED) is 0.0678. The van der Waals surface area contributed by atoms with Gasteiger partial charge >= 0.3 is 5.91 Å². The normalized spacial score (nSPS) is 16.7. The first-order valence-corrected chi connectivity index (χ1v) is 17.8. The van der Waals surface area contributed by atoms with Crippen LogP contribution in [0.3, 0.4) is 0 Å². The Balaban J connectivity index is 1.97. The van der Waals surface area contributed by atoms with Gasteiger partial charge in [-0.05, 0) is 12.8 Å². The Hall–Kier alpha value is -0.960. The SMILES string of the molecule is CCCCCCCCCCCCCCCCC1=NC=C[N+]1(C)C(=O)CCCCCCCCCCCCCCC. The lowest BCUT2D eigenvalue weighted by atomic mass is 10.0. The minimum absolute atomic E-state index is 0.330. The predicted molar refractivity (Wildman–Crippen MR) is 173 cm³/mol. The summed E-state index contributed by atoms with van der Waals surface area (Å²) >= 11 is 0. The molecule has 0 aliphatic carbocycles. The van der Waals surface area contributed by atoms with Gasteiger partial charge < -0.3 is 0 Å². The molecule has 0 aromatic heterocycles. The first kappa shape index (κ1) is 36.1. The number of amides is 1. The van der Waals surface area contributed by atoms with Crippen LogP contribution in [0.2, 0.25) is 0 Å². The molecule has 1 aliphatic heterocycles. The van der Waals surface area contributed by atoms with Gasteiger partial charge in [-0.1, -0.05) is 174 Å². The van der Waals surface area contributed by atoms with E-state index in [0.29, 0.717) is 16.8 Å². The van der Waals surface area contributed by atoms with Gasteiger partial charge in [0.2, 0.25) is 5.84 Å². The zero-order valence-corrected chi connectivity index (χ0v) is 27.0. The minimum Gasteiger partial charge on any atom is -0.230 e. The van der Waals surface area contributed by atoms with Crippen molar-refractivity contribution >= 4 is 11.7 Å². The summed E-state index contributed by atoms with van der Waals surface area (Å²) in [6.45, 7) is 4.58. The van der Waals surface area contributed by atoms with E-state index >= 15 is 0 Å². The van der Waals surface area contributed by atoms with Crippen molar-refractivity contribution in [3.8, 4) is 0 Å². The molecule has 0 aromatic rings. The second-order valence-electron chi connectivity index (χ2n) is 12.7. The Bertz CT molecular complexity index is 626. The highest BCUT2D eigenvalue weighted by molar-refractivity contribution is 5.90. The zero-order valence-electron chi connectivity index (χ0n) is 27.0. The highest BCUT2D eigenvalue weighted by Gasteiger charge is 2.37. The molecule has 0 saturated heterocycles. The largest absolute Gasteiger partial charge is 0.324 e. The summed E-state index contributed by atoms with van der Waals surface area (Å²) in [4.78, 5) is 17.7. The topological polar surface area (TPSA) is 29.4 Å². The van der Waals surface area contributed by atoms with Crippen molar-refractivity contribution in [2.45, 2.75) is 200 Å².